The summed E-state index contributed by atoms with van der Waals surface area (Å²) in [5, 5.41) is 20.9. The van der Waals surface area contributed by atoms with E-state index in [9.17, 15) is 0 Å². The van der Waals surface area contributed by atoms with E-state index < -0.39 is 7.12 Å². The second-order valence-corrected chi connectivity index (χ2v) is 5.70. The molecule has 104 valence electrons. The predicted octanol–water partition coefficient (Wildman–Crippen LogP) is 0.901. The number of hydrogen-bond acceptors (Lipinski definition) is 4. The summed E-state index contributed by atoms with van der Waals surface area (Å²) in [6.07, 6.45) is 5.60. The number of rotatable bonds is 9. The second-order valence-electron chi connectivity index (χ2n) is 5.70. The largest absolute Gasteiger partial charge is 0.451 e. The van der Waals surface area contributed by atoms with Gasteiger partial charge in [0.25, 0.3) is 0 Å². The van der Waals surface area contributed by atoms with Crippen LogP contribution in [-0.2, 0) is 0 Å². The van der Waals surface area contributed by atoms with Crippen molar-refractivity contribution in [2.75, 3.05) is 6.54 Å². The molecule has 0 bridgehead atoms. The van der Waals surface area contributed by atoms with Gasteiger partial charge in [0.05, 0.1) is 0 Å². The molecule has 1 aliphatic carbocycles. The van der Waals surface area contributed by atoms with E-state index in [1.807, 2.05) is 6.92 Å². The van der Waals surface area contributed by atoms with Crippen molar-refractivity contribution in [1.29, 1.82) is 0 Å². The highest BCUT2D eigenvalue weighted by Gasteiger charge is 2.32. The van der Waals surface area contributed by atoms with E-state index >= 15 is 0 Å². The average Bonchev–Trinajstić information content (AvgIpc) is 2.21. The third-order valence-corrected chi connectivity index (χ3v) is 3.72. The summed E-state index contributed by atoms with van der Waals surface area (Å²) in [6, 6.07) is 0.876. The van der Waals surface area contributed by atoms with Crippen LogP contribution in [0.5, 0.6) is 0 Å². The van der Waals surface area contributed by atoms with Crippen molar-refractivity contribution in [2.45, 2.75) is 57.4 Å². The minimum atomic E-state index is -1.17. The fourth-order valence-corrected chi connectivity index (χ4v) is 2.44. The Balaban J connectivity index is 2.00. The first-order valence-corrected chi connectivity index (χ1v) is 6.98. The van der Waals surface area contributed by atoms with E-state index in [4.69, 9.17) is 15.8 Å². The van der Waals surface area contributed by atoms with Gasteiger partial charge < -0.3 is 21.1 Å². The molecule has 1 aliphatic rings. The zero-order chi connectivity index (χ0) is 13.5. The minimum Gasteiger partial charge on any atom is -0.427 e. The van der Waals surface area contributed by atoms with E-state index in [2.05, 4.69) is 11.9 Å². The van der Waals surface area contributed by atoms with Crippen LogP contribution in [0.15, 0.2) is 12.2 Å². The zero-order valence-electron chi connectivity index (χ0n) is 11.4. The summed E-state index contributed by atoms with van der Waals surface area (Å²) in [4.78, 5) is 0. The van der Waals surface area contributed by atoms with Crippen LogP contribution in [0, 0.1) is 5.92 Å². The number of hydrogen-bond donors (Lipinski definition) is 4. The molecule has 1 saturated carbocycles. The SMILES string of the molecule is C=C(C)CNC1CC(C(N)CCCCB(O)O)C1. The fraction of sp³-hybridized carbons (Fsp3) is 0.846. The van der Waals surface area contributed by atoms with Gasteiger partial charge in [0.2, 0.25) is 0 Å². The van der Waals surface area contributed by atoms with Crippen molar-refractivity contribution < 1.29 is 10.0 Å². The first kappa shape index (κ1) is 15.7. The molecule has 1 unspecified atom stereocenters. The van der Waals surface area contributed by atoms with Crippen molar-refractivity contribution in [3.8, 4) is 0 Å². The molecular weight excluding hydrogens is 227 g/mol. The molecule has 0 aromatic carbocycles. The van der Waals surface area contributed by atoms with Crippen LogP contribution in [0.2, 0.25) is 6.32 Å². The smallest absolute Gasteiger partial charge is 0.427 e. The molecule has 0 saturated heterocycles. The van der Waals surface area contributed by atoms with Crippen LogP contribution < -0.4 is 11.1 Å². The van der Waals surface area contributed by atoms with Crippen LogP contribution in [0.25, 0.3) is 0 Å². The standard InChI is InChI=1S/C13H27BN2O2/c1-10(2)9-16-12-7-11(8-12)13(15)5-3-4-6-14(17)18/h11-13,16-18H,1,3-9,15H2,2H3. The first-order valence-electron chi connectivity index (χ1n) is 6.98. The van der Waals surface area contributed by atoms with E-state index in [0.717, 1.165) is 38.6 Å². The Kier molecular flexibility index (Phi) is 6.93. The maximum absolute atomic E-state index is 8.73. The van der Waals surface area contributed by atoms with Gasteiger partial charge >= 0.3 is 7.12 Å². The van der Waals surface area contributed by atoms with Crippen molar-refractivity contribution in [1.82, 2.24) is 5.32 Å². The van der Waals surface area contributed by atoms with Crippen LogP contribution >= 0.6 is 0 Å². The molecule has 0 radical (unpaired) electrons. The second kappa shape index (κ2) is 7.94. The molecule has 18 heavy (non-hydrogen) atoms. The van der Waals surface area contributed by atoms with Crippen LogP contribution in [0.4, 0.5) is 0 Å². The van der Waals surface area contributed by atoms with Crippen LogP contribution in [-0.4, -0.2) is 35.8 Å². The molecule has 0 amide bonds. The molecule has 5 heteroatoms. The molecule has 4 nitrogen and oxygen atoms in total. The van der Waals surface area contributed by atoms with Gasteiger partial charge in [0.15, 0.2) is 0 Å². The van der Waals surface area contributed by atoms with Gasteiger partial charge in [-0.2, -0.15) is 0 Å². The summed E-state index contributed by atoms with van der Waals surface area (Å²) in [5.41, 5.74) is 7.32. The summed E-state index contributed by atoms with van der Waals surface area (Å²) in [6.45, 7) is 6.81. The molecule has 5 N–H and O–H groups in total. The van der Waals surface area contributed by atoms with Crippen molar-refractivity contribution in [2.24, 2.45) is 11.7 Å². The summed E-state index contributed by atoms with van der Waals surface area (Å²) >= 11 is 0. The number of nitrogens with one attached hydrogen (secondary N) is 1. The molecule has 0 heterocycles. The quantitative estimate of drug-likeness (QED) is 0.280. The minimum absolute atomic E-state index is 0.267. The lowest BCUT2D eigenvalue weighted by atomic mass is 9.74. The monoisotopic (exact) mass is 254 g/mol. The Bertz CT molecular complexity index is 255. The number of unbranched alkanes of at least 4 members (excludes halogenated alkanes) is 1. The average molecular weight is 254 g/mol. The molecule has 0 aliphatic heterocycles. The van der Waals surface area contributed by atoms with E-state index in [1.165, 1.54) is 5.57 Å². The third-order valence-electron chi connectivity index (χ3n) is 3.72. The number of nitrogens with two attached hydrogens (primary N) is 1. The lowest BCUT2D eigenvalue weighted by Gasteiger charge is -2.39. The van der Waals surface area contributed by atoms with Crippen molar-refractivity contribution in [3.63, 3.8) is 0 Å². The van der Waals surface area contributed by atoms with Crippen molar-refractivity contribution in [3.05, 3.63) is 12.2 Å². The van der Waals surface area contributed by atoms with Crippen LogP contribution in [0.3, 0.4) is 0 Å². The Morgan fingerprint density at radius 1 is 1.44 bits per heavy atom. The van der Waals surface area contributed by atoms with Gasteiger partial charge in [-0.3, -0.25) is 0 Å². The molecule has 1 rings (SSSR count). The fourth-order valence-electron chi connectivity index (χ4n) is 2.44. The Morgan fingerprint density at radius 2 is 2.11 bits per heavy atom. The lowest BCUT2D eigenvalue weighted by Crippen LogP contribution is -2.48. The highest BCUT2D eigenvalue weighted by atomic mass is 16.4. The first-order chi connectivity index (χ1) is 8.49. The summed E-state index contributed by atoms with van der Waals surface area (Å²) in [7, 11) is -1.17. The van der Waals surface area contributed by atoms with Gasteiger partial charge in [0, 0.05) is 18.6 Å². The predicted molar refractivity (Wildman–Crippen MR) is 76.2 cm³/mol. The molecule has 0 spiro atoms. The van der Waals surface area contributed by atoms with Crippen molar-refractivity contribution >= 4 is 7.12 Å². The highest BCUT2D eigenvalue weighted by molar-refractivity contribution is 6.40. The van der Waals surface area contributed by atoms with E-state index in [0.29, 0.717) is 18.3 Å². The normalized spacial score (nSPS) is 24.4. The summed E-state index contributed by atoms with van der Waals surface area (Å²) in [5.74, 6) is 0.631. The molecular formula is C13H27BN2O2. The summed E-state index contributed by atoms with van der Waals surface area (Å²) < 4.78 is 0. The Hall–Kier alpha value is -0.355. The van der Waals surface area contributed by atoms with E-state index in [-0.39, 0.29) is 6.04 Å². The van der Waals surface area contributed by atoms with E-state index in [1.54, 1.807) is 0 Å². The van der Waals surface area contributed by atoms with Gasteiger partial charge in [-0.05, 0) is 38.4 Å². The molecule has 1 fully saturated rings. The van der Waals surface area contributed by atoms with Crippen LogP contribution in [0.1, 0.15) is 39.0 Å². The molecule has 0 aromatic rings. The third kappa shape index (κ3) is 6.00. The Morgan fingerprint density at radius 3 is 2.67 bits per heavy atom. The van der Waals surface area contributed by atoms with Gasteiger partial charge in [-0.15, -0.1) is 0 Å². The molecule has 1 atom stereocenters. The van der Waals surface area contributed by atoms with Gasteiger partial charge in [-0.25, -0.2) is 0 Å². The highest BCUT2D eigenvalue weighted by Crippen LogP contribution is 2.31. The lowest BCUT2D eigenvalue weighted by molar-refractivity contribution is 0.185. The topological polar surface area (TPSA) is 78.5 Å². The maximum atomic E-state index is 8.73. The Labute approximate surface area is 111 Å². The zero-order valence-corrected chi connectivity index (χ0v) is 11.4. The van der Waals surface area contributed by atoms with Gasteiger partial charge in [-0.1, -0.05) is 25.0 Å². The maximum Gasteiger partial charge on any atom is 0.451 e. The molecule has 0 aromatic heterocycles. The van der Waals surface area contributed by atoms with Gasteiger partial charge in [0.1, 0.15) is 0 Å².